The number of nitrogens with two attached hydrogens (primary N) is 1. The van der Waals surface area contributed by atoms with Gasteiger partial charge in [0.1, 0.15) is 0 Å². The molecule has 1 aromatic carbocycles. The first-order chi connectivity index (χ1) is 9.81. The van der Waals surface area contributed by atoms with Crippen LogP contribution in [-0.4, -0.2) is 19.5 Å². The predicted molar refractivity (Wildman–Crippen MR) is 77.8 cm³/mol. The zero-order valence-electron chi connectivity index (χ0n) is 11.0. The van der Waals surface area contributed by atoms with Gasteiger partial charge in [-0.15, -0.1) is 0 Å². The Balaban J connectivity index is 1.71. The Hall–Kier alpha value is -2.69. The molecule has 0 bridgehead atoms. The average molecular weight is 265 g/mol. The number of nitrogens with zero attached hydrogens (tertiary/aromatic N) is 4. The number of nitrogen functional groups attached to an aromatic ring is 1. The Morgan fingerprint density at radius 3 is 2.60 bits per heavy atom. The van der Waals surface area contributed by atoms with Gasteiger partial charge in [-0.3, -0.25) is 0 Å². The van der Waals surface area contributed by atoms with Gasteiger partial charge in [0.2, 0.25) is 5.95 Å². The zero-order valence-corrected chi connectivity index (χ0v) is 11.0. The van der Waals surface area contributed by atoms with Gasteiger partial charge in [0.25, 0.3) is 0 Å². The van der Waals surface area contributed by atoms with Crippen LogP contribution in [0, 0.1) is 0 Å². The van der Waals surface area contributed by atoms with Crippen molar-refractivity contribution < 1.29 is 0 Å². The summed E-state index contributed by atoms with van der Waals surface area (Å²) in [5.74, 6) is 0.298. The van der Waals surface area contributed by atoms with Crippen molar-refractivity contribution in [3.8, 4) is 11.3 Å². The van der Waals surface area contributed by atoms with Crippen LogP contribution in [0.25, 0.3) is 11.3 Å². The van der Waals surface area contributed by atoms with Gasteiger partial charge in [-0.1, -0.05) is 24.3 Å². The summed E-state index contributed by atoms with van der Waals surface area (Å²) in [6.45, 7) is 0.930. The highest BCUT2D eigenvalue weighted by Crippen LogP contribution is 2.18. The fourth-order valence-electron chi connectivity index (χ4n) is 2.05. The van der Waals surface area contributed by atoms with E-state index in [0.29, 0.717) is 5.95 Å². The summed E-state index contributed by atoms with van der Waals surface area (Å²) in [6, 6.07) is 10.2. The lowest BCUT2D eigenvalue weighted by atomic mass is 10.1. The van der Waals surface area contributed by atoms with E-state index in [0.717, 1.165) is 24.2 Å². The maximum Gasteiger partial charge on any atom is 0.220 e. The van der Waals surface area contributed by atoms with Gasteiger partial charge < -0.3 is 10.3 Å². The number of imidazole rings is 1. The molecule has 0 amide bonds. The Morgan fingerprint density at radius 2 is 1.90 bits per heavy atom. The Kier molecular flexibility index (Phi) is 3.41. The lowest BCUT2D eigenvalue weighted by Crippen LogP contribution is -1.98. The van der Waals surface area contributed by atoms with Crippen LogP contribution in [0.1, 0.15) is 5.56 Å². The summed E-state index contributed by atoms with van der Waals surface area (Å²) in [5, 5.41) is 0. The Labute approximate surface area is 117 Å². The molecular formula is C15H15N5. The molecule has 3 rings (SSSR count). The molecule has 100 valence electrons. The van der Waals surface area contributed by atoms with Crippen molar-refractivity contribution in [3.63, 3.8) is 0 Å². The van der Waals surface area contributed by atoms with Crippen molar-refractivity contribution in [2.75, 3.05) is 5.73 Å². The summed E-state index contributed by atoms with van der Waals surface area (Å²) in [5.41, 5.74) is 8.77. The van der Waals surface area contributed by atoms with E-state index in [1.165, 1.54) is 5.56 Å². The second-order valence-electron chi connectivity index (χ2n) is 4.55. The molecule has 20 heavy (non-hydrogen) atoms. The number of aromatic nitrogens is 4. The molecule has 0 saturated heterocycles. The highest BCUT2D eigenvalue weighted by molar-refractivity contribution is 5.59. The van der Waals surface area contributed by atoms with Crippen LogP contribution < -0.4 is 5.73 Å². The van der Waals surface area contributed by atoms with Gasteiger partial charge in [0, 0.05) is 30.7 Å². The minimum Gasteiger partial charge on any atom is -0.368 e. The molecule has 5 heteroatoms. The number of benzene rings is 1. The van der Waals surface area contributed by atoms with Gasteiger partial charge in [0.05, 0.1) is 12.0 Å². The first kappa shape index (κ1) is 12.3. The van der Waals surface area contributed by atoms with Gasteiger partial charge in [-0.2, -0.15) is 0 Å². The third kappa shape index (κ3) is 2.83. The molecule has 0 aliphatic heterocycles. The first-order valence-electron chi connectivity index (χ1n) is 6.45. The smallest absolute Gasteiger partial charge is 0.220 e. The van der Waals surface area contributed by atoms with Crippen LogP contribution in [0.3, 0.4) is 0 Å². The molecule has 2 N–H and O–H groups in total. The molecule has 5 nitrogen and oxygen atoms in total. The Morgan fingerprint density at radius 1 is 1.05 bits per heavy atom. The fourth-order valence-corrected chi connectivity index (χ4v) is 2.05. The molecule has 0 radical (unpaired) electrons. The van der Waals surface area contributed by atoms with E-state index < -0.39 is 0 Å². The van der Waals surface area contributed by atoms with Crippen molar-refractivity contribution in [1.82, 2.24) is 19.5 Å². The largest absolute Gasteiger partial charge is 0.368 e. The second-order valence-corrected chi connectivity index (χ2v) is 4.55. The van der Waals surface area contributed by atoms with Crippen molar-refractivity contribution in [1.29, 1.82) is 0 Å². The standard InChI is InChI=1S/C15H15N5/c16-15-18-7-5-14(19-15)13-3-1-12(2-4-13)6-9-20-10-8-17-11-20/h1-5,7-8,10-11H,6,9H2,(H2,16,18,19). The molecular weight excluding hydrogens is 250 g/mol. The molecule has 0 spiro atoms. The van der Waals surface area contributed by atoms with E-state index >= 15 is 0 Å². The molecule has 0 atom stereocenters. The Bertz CT molecular complexity index is 674. The highest BCUT2D eigenvalue weighted by Gasteiger charge is 2.01. The summed E-state index contributed by atoms with van der Waals surface area (Å²) < 4.78 is 2.07. The summed E-state index contributed by atoms with van der Waals surface area (Å²) >= 11 is 0. The topological polar surface area (TPSA) is 69.6 Å². The molecule has 0 saturated carbocycles. The first-order valence-corrected chi connectivity index (χ1v) is 6.45. The third-order valence-corrected chi connectivity index (χ3v) is 3.14. The average Bonchev–Trinajstić information content (AvgIpc) is 2.99. The maximum absolute atomic E-state index is 5.60. The molecule has 3 aromatic rings. The normalized spacial score (nSPS) is 10.6. The lowest BCUT2D eigenvalue weighted by molar-refractivity contribution is 0.696. The van der Waals surface area contributed by atoms with Crippen LogP contribution >= 0.6 is 0 Å². The van der Waals surface area contributed by atoms with Crippen LogP contribution in [0.5, 0.6) is 0 Å². The van der Waals surface area contributed by atoms with Gasteiger partial charge in [0.15, 0.2) is 0 Å². The van der Waals surface area contributed by atoms with Crippen molar-refractivity contribution >= 4 is 5.95 Å². The second kappa shape index (κ2) is 5.52. The fraction of sp³-hybridized carbons (Fsp3) is 0.133. The van der Waals surface area contributed by atoms with Crippen molar-refractivity contribution in [3.05, 3.63) is 60.8 Å². The molecule has 0 aliphatic rings. The molecule has 0 aliphatic carbocycles. The number of hydrogen-bond acceptors (Lipinski definition) is 4. The minimum absolute atomic E-state index is 0.298. The monoisotopic (exact) mass is 265 g/mol. The van der Waals surface area contributed by atoms with E-state index in [1.807, 2.05) is 18.6 Å². The van der Waals surface area contributed by atoms with Crippen molar-refractivity contribution in [2.24, 2.45) is 0 Å². The zero-order chi connectivity index (χ0) is 13.8. The SMILES string of the molecule is Nc1nccc(-c2ccc(CCn3ccnc3)cc2)n1. The van der Waals surface area contributed by atoms with E-state index in [1.54, 1.807) is 12.4 Å². The van der Waals surface area contributed by atoms with Crippen LogP contribution in [-0.2, 0) is 13.0 Å². The lowest BCUT2D eigenvalue weighted by Gasteiger charge is -2.05. The summed E-state index contributed by atoms with van der Waals surface area (Å²) in [6.07, 6.45) is 8.24. The van der Waals surface area contributed by atoms with Gasteiger partial charge in [-0.25, -0.2) is 15.0 Å². The van der Waals surface area contributed by atoms with E-state index in [4.69, 9.17) is 5.73 Å². The summed E-state index contributed by atoms with van der Waals surface area (Å²) in [4.78, 5) is 12.1. The van der Waals surface area contributed by atoms with Crippen LogP contribution in [0.2, 0.25) is 0 Å². The van der Waals surface area contributed by atoms with E-state index in [9.17, 15) is 0 Å². The number of hydrogen-bond donors (Lipinski definition) is 1. The van der Waals surface area contributed by atoms with E-state index in [2.05, 4.69) is 43.8 Å². The quantitative estimate of drug-likeness (QED) is 0.784. The summed E-state index contributed by atoms with van der Waals surface area (Å²) in [7, 11) is 0. The van der Waals surface area contributed by atoms with Crippen molar-refractivity contribution in [2.45, 2.75) is 13.0 Å². The number of rotatable bonds is 4. The highest BCUT2D eigenvalue weighted by atomic mass is 15.0. The van der Waals surface area contributed by atoms with E-state index in [-0.39, 0.29) is 0 Å². The molecule has 0 unspecified atom stereocenters. The maximum atomic E-state index is 5.60. The molecule has 0 fully saturated rings. The van der Waals surface area contributed by atoms with Gasteiger partial charge >= 0.3 is 0 Å². The molecule has 2 heterocycles. The minimum atomic E-state index is 0.298. The molecule has 2 aromatic heterocycles. The predicted octanol–water partition coefficient (Wildman–Crippen LogP) is 2.17. The van der Waals surface area contributed by atoms with Crippen LogP contribution in [0.15, 0.2) is 55.2 Å². The third-order valence-electron chi connectivity index (χ3n) is 3.14. The number of aryl methyl sites for hydroxylation is 2. The van der Waals surface area contributed by atoms with Gasteiger partial charge in [-0.05, 0) is 18.1 Å². The number of anilines is 1. The van der Waals surface area contributed by atoms with Crippen LogP contribution in [0.4, 0.5) is 5.95 Å².